The van der Waals surface area contributed by atoms with Crippen molar-refractivity contribution in [3.63, 3.8) is 0 Å². The first-order valence-electron chi connectivity index (χ1n) is 8.12. The molecule has 2 heterocycles. The third kappa shape index (κ3) is 2.89. The number of nitrogens with zero attached hydrogens (tertiary/aromatic N) is 3. The average molecular weight is 274 g/mol. The van der Waals surface area contributed by atoms with Crippen LogP contribution < -0.4 is 10.6 Å². The van der Waals surface area contributed by atoms with Crippen LogP contribution in [0.2, 0.25) is 0 Å². The molecule has 1 aromatic rings. The van der Waals surface area contributed by atoms with Crippen molar-refractivity contribution in [3.05, 3.63) is 11.8 Å². The molecule has 1 atom stereocenters. The Morgan fingerprint density at radius 1 is 1.05 bits per heavy atom. The highest BCUT2D eigenvalue weighted by Gasteiger charge is 2.31. The molecule has 0 unspecified atom stereocenters. The highest BCUT2D eigenvalue weighted by atomic mass is 15.2. The number of nitrogens with two attached hydrogens (primary N) is 1. The van der Waals surface area contributed by atoms with E-state index in [0.717, 1.165) is 24.0 Å². The van der Waals surface area contributed by atoms with Gasteiger partial charge in [0.2, 0.25) is 5.95 Å². The lowest BCUT2D eigenvalue weighted by atomic mass is 9.93. The smallest absolute Gasteiger partial charge is 0.222 e. The quantitative estimate of drug-likeness (QED) is 0.899. The zero-order valence-electron chi connectivity index (χ0n) is 12.5. The van der Waals surface area contributed by atoms with Crippen molar-refractivity contribution in [2.45, 2.75) is 64.3 Å². The van der Waals surface area contributed by atoms with E-state index in [0.29, 0.717) is 12.0 Å². The van der Waals surface area contributed by atoms with Gasteiger partial charge in [-0.1, -0.05) is 25.7 Å². The molecule has 20 heavy (non-hydrogen) atoms. The van der Waals surface area contributed by atoms with E-state index in [1.807, 2.05) is 6.92 Å². The van der Waals surface area contributed by atoms with Crippen molar-refractivity contribution < 1.29 is 0 Å². The van der Waals surface area contributed by atoms with E-state index in [1.165, 1.54) is 51.4 Å². The molecule has 0 bridgehead atoms. The van der Waals surface area contributed by atoms with Gasteiger partial charge in [-0.05, 0) is 38.5 Å². The molecule has 0 aromatic carbocycles. The van der Waals surface area contributed by atoms with Crippen LogP contribution in [0.15, 0.2) is 6.07 Å². The summed E-state index contributed by atoms with van der Waals surface area (Å²) in [6, 6.07) is 2.76. The van der Waals surface area contributed by atoms with Gasteiger partial charge < -0.3 is 10.6 Å². The maximum absolute atomic E-state index is 5.86. The van der Waals surface area contributed by atoms with Gasteiger partial charge in [-0.25, -0.2) is 4.98 Å². The van der Waals surface area contributed by atoms with Crippen molar-refractivity contribution in [3.8, 4) is 0 Å². The highest BCUT2D eigenvalue weighted by molar-refractivity contribution is 5.44. The van der Waals surface area contributed by atoms with Crippen molar-refractivity contribution in [1.82, 2.24) is 9.97 Å². The zero-order valence-corrected chi connectivity index (χ0v) is 12.5. The van der Waals surface area contributed by atoms with Crippen LogP contribution in [0.3, 0.4) is 0 Å². The van der Waals surface area contributed by atoms with Crippen molar-refractivity contribution >= 4 is 11.8 Å². The molecule has 4 nitrogen and oxygen atoms in total. The molecule has 1 saturated heterocycles. The number of hydrogen-bond donors (Lipinski definition) is 1. The van der Waals surface area contributed by atoms with Crippen LogP contribution in [0.25, 0.3) is 0 Å². The van der Waals surface area contributed by atoms with E-state index in [2.05, 4.69) is 20.9 Å². The topological polar surface area (TPSA) is 55.0 Å². The van der Waals surface area contributed by atoms with Gasteiger partial charge in [-0.2, -0.15) is 4.98 Å². The molecule has 1 aliphatic heterocycles. The molecule has 0 amide bonds. The summed E-state index contributed by atoms with van der Waals surface area (Å²) in [6.07, 6.45) is 10.9. The van der Waals surface area contributed by atoms with E-state index < -0.39 is 0 Å². The number of nitrogen functional groups attached to an aromatic ring is 1. The Kier molecular flexibility index (Phi) is 4.08. The molecule has 110 valence electrons. The second-order valence-electron chi connectivity index (χ2n) is 6.38. The summed E-state index contributed by atoms with van der Waals surface area (Å²) in [4.78, 5) is 11.3. The zero-order chi connectivity index (χ0) is 13.9. The lowest BCUT2D eigenvalue weighted by Gasteiger charge is -2.35. The Morgan fingerprint density at radius 2 is 1.80 bits per heavy atom. The normalized spacial score (nSPS) is 24.9. The standard InChI is InChI=1S/C16H26N4/c1-12-11-15(19-16(17)18-12)20-10-6-2-3-9-14(20)13-7-4-5-8-13/h11,13-14H,2-10H2,1H3,(H2,17,18,19)/t14-/m1/s1. The van der Waals surface area contributed by atoms with E-state index in [1.54, 1.807) is 0 Å². The molecule has 4 heteroatoms. The average Bonchev–Trinajstić information content (AvgIpc) is 2.82. The molecule has 1 aromatic heterocycles. The summed E-state index contributed by atoms with van der Waals surface area (Å²) in [5.74, 6) is 2.31. The van der Waals surface area contributed by atoms with Gasteiger partial charge in [-0.3, -0.25) is 0 Å². The molecule has 2 aliphatic rings. The molecule has 2 fully saturated rings. The fourth-order valence-electron chi connectivity index (χ4n) is 3.97. The minimum absolute atomic E-state index is 0.411. The first-order chi connectivity index (χ1) is 9.74. The fourth-order valence-corrected chi connectivity index (χ4v) is 3.97. The van der Waals surface area contributed by atoms with Gasteiger partial charge in [0.15, 0.2) is 0 Å². The van der Waals surface area contributed by atoms with Crippen molar-refractivity contribution in [1.29, 1.82) is 0 Å². The second-order valence-corrected chi connectivity index (χ2v) is 6.38. The monoisotopic (exact) mass is 274 g/mol. The van der Waals surface area contributed by atoms with Crippen LogP contribution in [0, 0.1) is 12.8 Å². The summed E-state index contributed by atoms with van der Waals surface area (Å²) in [5.41, 5.74) is 6.83. The Morgan fingerprint density at radius 3 is 2.55 bits per heavy atom. The number of aryl methyl sites for hydroxylation is 1. The largest absolute Gasteiger partial charge is 0.368 e. The van der Waals surface area contributed by atoms with Gasteiger partial charge >= 0.3 is 0 Å². The van der Waals surface area contributed by atoms with Crippen molar-refractivity contribution in [2.24, 2.45) is 5.92 Å². The number of aromatic nitrogens is 2. The molecule has 1 saturated carbocycles. The fraction of sp³-hybridized carbons (Fsp3) is 0.750. The minimum Gasteiger partial charge on any atom is -0.368 e. The first-order valence-corrected chi connectivity index (χ1v) is 8.12. The lowest BCUT2D eigenvalue weighted by Crippen LogP contribution is -2.40. The molecule has 0 spiro atoms. The Hall–Kier alpha value is -1.32. The molecule has 0 radical (unpaired) electrons. The summed E-state index contributed by atoms with van der Waals surface area (Å²) in [5, 5.41) is 0. The number of rotatable bonds is 2. The van der Waals surface area contributed by atoms with E-state index >= 15 is 0 Å². The van der Waals surface area contributed by atoms with E-state index in [4.69, 9.17) is 5.73 Å². The van der Waals surface area contributed by atoms with E-state index in [-0.39, 0.29) is 0 Å². The van der Waals surface area contributed by atoms with Crippen LogP contribution in [0.1, 0.15) is 57.1 Å². The predicted molar refractivity (Wildman–Crippen MR) is 82.7 cm³/mol. The summed E-state index contributed by atoms with van der Waals surface area (Å²) in [7, 11) is 0. The van der Waals surface area contributed by atoms with Crippen LogP contribution in [0.4, 0.5) is 11.8 Å². The summed E-state index contributed by atoms with van der Waals surface area (Å²) < 4.78 is 0. The predicted octanol–water partition coefficient (Wildman–Crippen LogP) is 3.31. The Bertz CT molecular complexity index is 434. The Labute approximate surface area is 121 Å². The van der Waals surface area contributed by atoms with Crippen LogP contribution in [-0.4, -0.2) is 22.6 Å². The van der Waals surface area contributed by atoms with E-state index in [9.17, 15) is 0 Å². The second kappa shape index (κ2) is 5.98. The summed E-state index contributed by atoms with van der Waals surface area (Å²) in [6.45, 7) is 3.13. The molecular formula is C16H26N4. The third-order valence-electron chi connectivity index (χ3n) is 4.90. The first kappa shape index (κ1) is 13.7. The van der Waals surface area contributed by atoms with Crippen LogP contribution in [0.5, 0.6) is 0 Å². The summed E-state index contributed by atoms with van der Waals surface area (Å²) >= 11 is 0. The molecular weight excluding hydrogens is 248 g/mol. The Balaban J connectivity index is 1.88. The van der Waals surface area contributed by atoms with Gasteiger partial charge in [0.1, 0.15) is 5.82 Å². The number of anilines is 2. The minimum atomic E-state index is 0.411. The molecule has 3 rings (SSSR count). The third-order valence-corrected chi connectivity index (χ3v) is 4.90. The lowest BCUT2D eigenvalue weighted by molar-refractivity contribution is 0.390. The maximum Gasteiger partial charge on any atom is 0.222 e. The van der Waals surface area contributed by atoms with Gasteiger partial charge in [0, 0.05) is 24.3 Å². The van der Waals surface area contributed by atoms with Crippen LogP contribution >= 0.6 is 0 Å². The van der Waals surface area contributed by atoms with Crippen LogP contribution in [-0.2, 0) is 0 Å². The van der Waals surface area contributed by atoms with Gasteiger partial charge in [0.05, 0.1) is 0 Å². The SMILES string of the molecule is Cc1cc(N2CCCCC[C@@H]2C2CCCC2)nc(N)n1. The van der Waals surface area contributed by atoms with Gasteiger partial charge in [-0.15, -0.1) is 0 Å². The molecule has 1 aliphatic carbocycles. The van der Waals surface area contributed by atoms with Gasteiger partial charge in [0.25, 0.3) is 0 Å². The molecule has 2 N–H and O–H groups in total. The highest BCUT2D eigenvalue weighted by Crippen LogP contribution is 2.36. The van der Waals surface area contributed by atoms with Crippen molar-refractivity contribution in [2.75, 3.05) is 17.2 Å². The maximum atomic E-state index is 5.86. The number of hydrogen-bond acceptors (Lipinski definition) is 4.